The average molecular weight is 403 g/mol. The molecule has 2 aromatic carbocycles. The Morgan fingerprint density at radius 1 is 1.12 bits per heavy atom. The highest BCUT2D eigenvalue weighted by molar-refractivity contribution is 9.10. The summed E-state index contributed by atoms with van der Waals surface area (Å²) in [5.74, 6) is -1.22. The van der Waals surface area contributed by atoms with Crippen molar-refractivity contribution in [3.63, 3.8) is 0 Å². The first-order valence-corrected chi connectivity index (χ1v) is 8.41. The lowest BCUT2D eigenvalue weighted by molar-refractivity contribution is -0.147. The zero-order chi connectivity index (χ0) is 17.8. The maximum absolute atomic E-state index is 12.4. The molecule has 0 radical (unpaired) electrons. The van der Waals surface area contributed by atoms with Crippen molar-refractivity contribution in [3.8, 4) is 0 Å². The highest BCUT2D eigenvalue weighted by atomic mass is 79.9. The summed E-state index contributed by atoms with van der Waals surface area (Å²) >= 11 is 3.32. The number of hydrogen-bond acceptors (Lipinski definition) is 4. The van der Waals surface area contributed by atoms with Crippen molar-refractivity contribution in [2.75, 3.05) is 23.4 Å². The minimum absolute atomic E-state index is 0.0810. The molecular formula is C18H15BrN2O4. The number of hydrogen-bond donors (Lipinski definition) is 1. The molecule has 0 aromatic heterocycles. The second-order valence-corrected chi connectivity index (χ2v) is 6.42. The summed E-state index contributed by atoms with van der Waals surface area (Å²) < 4.78 is 5.99. The van der Waals surface area contributed by atoms with Crippen molar-refractivity contribution in [2.45, 2.75) is 6.42 Å². The smallest absolute Gasteiger partial charge is 0.310 e. The number of fused-ring (bicyclic) bond motifs is 1. The number of carbonyl (C=O) groups excluding carboxylic acids is 3. The molecule has 0 atom stereocenters. The molecule has 1 aliphatic heterocycles. The fourth-order valence-electron chi connectivity index (χ4n) is 2.50. The van der Waals surface area contributed by atoms with E-state index in [1.165, 1.54) is 4.90 Å². The number of para-hydroxylation sites is 2. The number of carbonyl (C=O) groups is 3. The number of halogens is 1. The van der Waals surface area contributed by atoms with E-state index in [0.717, 1.165) is 10.0 Å². The zero-order valence-electron chi connectivity index (χ0n) is 13.2. The van der Waals surface area contributed by atoms with Crippen LogP contribution in [-0.4, -0.2) is 30.9 Å². The first-order chi connectivity index (χ1) is 12.0. The van der Waals surface area contributed by atoms with Gasteiger partial charge in [0.1, 0.15) is 6.54 Å². The average Bonchev–Trinajstić information content (AvgIpc) is 2.61. The Balaban J connectivity index is 1.60. The molecule has 1 N–H and O–H groups in total. The fraction of sp³-hybridized carbons (Fsp3) is 0.167. The number of esters is 1. The fourth-order valence-corrected chi connectivity index (χ4v) is 2.76. The van der Waals surface area contributed by atoms with Gasteiger partial charge in [-0.2, -0.15) is 0 Å². The molecule has 0 spiro atoms. The highest BCUT2D eigenvalue weighted by Gasteiger charge is 2.27. The molecule has 1 aliphatic rings. The maximum Gasteiger partial charge on any atom is 0.310 e. The van der Waals surface area contributed by atoms with Gasteiger partial charge in [0.15, 0.2) is 6.61 Å². The van der Waals surface area contributed by atoms with Gasteiger partial charge in [-0.25, -0.2) is 0 Å². The van der Waals surface area contributed by atoms with Crippen LogP contribution in [0.3, 0.4) is 0 Å². The Labute approximate surface area is 152 Å². The third-order valence-corrected chi connectivity index (χ3v) is 4.22. The lowest BCUT2D eigenvalue weighted by Gasteiger charge is -2.28. The summed E-state index contributed by atoms with van der Waals surface area (Å²) in [6.45, 7) is -0.503. The molecule has 1 heterocycles. The van der Waals surface area contributed by atoms with Gasteiger partial charge < -0.3 is 10.1 Å². The van der Waals surface area contributed by atoms with Crippen LogP contribution in [0.15, 0.2) is 53.0 Å². The molecule has 2 aromatic rings. The van der Waals surface area contributed by atoms with E-state index in [1.54, 1.807) is 36.4 Å². The van der Waals surface area contributed by atoms with E-state index in [2.05, 4.69) is 21.2 Å². The Hall–Kier alpha value is -2.67. The molecule has 7 heteroatoms. The zero-order valence-corrected chi connectivity index (χ0v) is 14.8. The van der Waals surface area contributed by atoms with Crippen LogP contribution in [0.1, 0.15) is 5.56 Å². The minimum atomic E-state index is -0.495. The van der Waals surface area contributed by atoms with Crippen molar-refractivity contribution >= 4 is 45.1 Å². The molecule has 2 amide bonds. The predicted octanol–water partition coefficient (Wildman–Crippen LogP) is 2.52. The van der Waals surface area contributed by atoms with Crippen molar-refractivity contribution in [3.05, 3.63) is 58.6 Å². The van der Waals surface area contributed by atoms with Gasteiger partial charge in [-0.05, 0) is 29.8 Å². The maximum atomic E-state index is 12.4. The molecule has 25 heavy (non-hydrogen) atoms. The van der Waals surface area contributed by atoms with Crippen LogP contribution in [0, 0.1) is 0 Å². The number of amides is 2. The molecule has 0 bridgehead atoms. The monoisotopic (exact) mass is 402 g/mol. The summed E-state index contributed by atoms with van der Waals surface area (Å²) in [7, 11) is 0. The normalized spacial score (nSPS) is 13.0. The highest BCUT2D eigenvalue weighted by Crippen LogP contribution is 2.28. The Kier molecular flexibility index (Phi) is 5.14. The second-order valence-electron chi connectivity index (χ2n) is 5.51. The van der Waals surface area contributed by atoms with Gasteiger partial charge in [-0.1, -0.05) is 40.2 Å². The van der Waals surface area contributed by atoms with E-state index >= 15 is 0 Å². The van der Waals surface area contributed by atoms with Gasteiger partial charge in [0.2, 0.25) is 5.91 Å². The van der Waals surface area contributed by atoms with Gasteiger partial charge in [0, 0.05) is 4.47 Å². The Bertz CT molecular complexity index is 820. The van der Waals surface area contributed by atoms with Crippen LogP contribution < -0.4 is 10.2 Å². The van der Waals surface area contributed by atoms with Gasteiger partial charge in [0.05, 0.1) is 17.8 Å². The third kappa shape index (κ3) is 4.24. The Morgan fingerprint density at radius 2 is 1.84 bits per heavy atom. The van der Waals surface area contributed by atoms with Crippen LogP contribution in [0.5, 0.6) is 0 Å². The first kappa shape index (κ1) is 17.2. The molecule has 0 unspecified atom stereocenters. The van der Waals surface area contributed by atoms with Crippen molar-refractivity contribution < 1.29 is 19.1 Å². The predicted molar refractivity (Wildman–Crippen MR) is 96.2 cm³/mol. The van der Waals surface area contributed by atoms with Crippen molar-refractivity contribution in [1.29, 1.82) is 0 Å². The lowest BCUT2D eigenvalue weighted by atomic mass is 10.1. The standard InChI is InChI=1S/C18H15BrN2O4/c19-13-7-5-12(6-8-13)9-18(24)25-11-17(23)21-10-16(22)20-14-3-1-2-4-15(14)21/h1-8H,9-11H2,(H,20,22). The van der Waals surface area contributed by atoms with Crippen LogP contribution in [0.25, 0.3) is 0 Å². The number of anilines is 2. The van der Waals surface area contributed by atoms with Gasteiger partial charge in [-0.15, -0.1) is 0 Å². The van der Waals surface area contributed by atoms with Gasteiger partial charge in [0.25, 0.3) is 5.91 Å². The minimum Gasteiger partial charge on any atom is -0.455 e. The summed E-state index contributed by atoms with van der Waals surface area (Å²) in [5.41, 5.74) is 1.95. The van der Waals surface area contributed by atoms with Crippen LogP contribution in [0.4, 0.5) is 11.4 Å². The van der Waals surface area contributed by atoms with E-state index in [4.69, 9.17) is 4.74 Å². The molecule has 0 aliphatic carbocycles. The number of nitrogens with zero attached hydrogens (tertiary/aromatic N) is 1. The SMILES string of the molecule is O=C1CN(C(=O)COC(=O)Cc2ccc(Br)cc2)c2ccccc2N1. The van der Waals surface area contributed by atoms with E-state index < -0.39 is 18.5 Å². The van der Waals surface area contributed by atoms with E-state index in [9.17, 15) is 14.4 Å². The van der Waals surface area contributed by atoms with Crippen LogP contribution >= 0.6 is 15.9 Å². The number of ether oxygens (including phenoxy) is 1. The van der Waals surface area contributed by atoms with Gasteiger partial charge in [-0.3, -0.25) is 19.3 Å². The van der Waals surface area contributed by atoms with E-state index in [1.807, 2.05) is 12.1 Å². The largest absolute Gasteiger partial charge is 0.455 e. The Morgan fingerprint density at radius 3 is 2.60 bits per heavy atom. The molecule has 3 rings (SSSR count). The molecule has 0 saturated heterocycles. The van der Waals surface area contributed by atoms with Crippen LogP contribution in [-0.2, 0) is 25.5 Å². The molecule has 6 nitrogen and oxygen atoms in total. The second kappa shape index (κ2) is 7.48. The summed E-state index contributed by atoms with van der Waals surface area (Å²) in [4.78, 5) is 37.3. The summed E-state index contributed by atoms with van der Waals surface area (Å²) in [5, 5.41) is 2.70. The molecular weight excluding hydrogens is 388 g/mol. The molecule has 0 fully saturated rings. The summed E-state index contributed by atoms with van der Waals surface area (Å²) in [6, 6.07) is 14.3. The van der Waals surface area contributed by atoms with Crippen molar-refractivity contribution in [2.24, 2.45) is 0 Å². The number of nitrogens with one attached hydrogen (secondary N) is 1. The molecule has 0 saturated carbocycles. The van der Waals surface area contributed by atoms with Crippen LogP contribution in [0.2, 0.25) is 0 Å². The lowest BCUT2D eigenvalue weighted by Crippen LogP contribution is -2.44. The van der Waals surface area contributed by atoms with Gasteiger partial charge >= 0.3 is 5.97 Å². The third-order valence-electron chi connectivity index (χ3n) is 3.69. The number of rotatable bonds is 4. The van der Waals surface area contributed by atoms with E-state index in [-0.39, 0.29) is 18.9 Å². The first-order valence-electron chi connectivity index (χ1n) is 7.62. The number of benzene rings is 2. The molecule has 128 valence electrons. The van der Waals surface area contributed by atoms with E-state index in [0.29, 0.717) is 11.4 Å². The van der Waals surface area contributed by atoms with Crippen molar-refractivity contribution in [1.82, 2.24) is 0 Å². The quantitative estimate of drug-likeness (QED) is 0.797. The summed E-state index contributed by atoms with van der Waals surface area (Å²) in [6.07, 6.45) is 0.0810. The topological polar surface area (TPSA) is 75.7 Å².